The van der Waals surface area contributed by atoms with E-state index in [1.165, 1.54) is 11.3 Å². The number of nitrogens with one attached hydrogen (secondary N) is 1. The van der Waals surface area contributed by atoms with E-state index in [4.69, 9.17) is 9.47 Å². The van der Waals surface area contributed by atoms with Crippen molar-refractivity contribution in [2.24, 2.45) is 0 Å². The molecule has 0 unspecified atom stereocenters. The minimum Gasteiger partial charge on any atom is -0.495 e. The molecule has 1 N–H and O–H groups in total. The zero-order valence-corrected chi connectivity index (χ0v) is 15.7. The number of anilines is 2. The van der Waals surface area contributed by atoms with Crippen LogP contribution in [0.4, 0.5) is 11.5 Å². The average molecular weight is 382 g/mol. The number of para-hydroxylation sites is 2. The van der Waals surface area contributed by atoms with Gasteiger partial charge in [0.15, 0.2) is 6.61 Å². The molecule has 2 aromatic heterocycles. The predicted molar refractivity (Wildman–Crippen MR) is 104 cm³/mol. The molecule has 3 aromatic rings. The molecule has 0 bridgehead atoms. The number of ether oxygens (including phenoxy) is 2. The third kappa shape index (κ3) is 4.51. The van der Waals surface area contributed by atoms with Gasteiger partial charge in [-0.2, -0.15) is 0 Å². The maximum Gasteiger partial charge on any atom is 0.342 e. The van der Waals surface area contributed by atoms with Crippen LogP contribution in [-0.2, 0) is 4.74 Å². The molecule has 0 aliphatic rings. The SMILES string of the molecule is COc1ccccc1Nc1ncccc1C(=O)OCC(=O)c1ccc(C)s1. The summed E-state index contributed by atoms with van der Waals surface area (Å²) in [4.78, 5) is 30.4. The Morgan fingerprint density at radius 2 is 1.93 bits per heavy atom. The van der Waals surface area contributed by atoms with E-state index in [1.54, 1.807) is 37.6 Å². The minimum atomic E-state index is -0.623. The summed E-state index contributed by atoms with van der Waals surface area (Å²) >= 11 is 1.37. The molecule has 0 aliphatic heterocycles. The molecule has 0 radical (unpaired) electrons. The normalized spacial score (nSPS) is 10.3. The van der Waals surface area contributed by atoms with E-state index >= 15 is 0 Å². The van der Waals surface area contributed by atoms with Crippen LogP contribution in [0.15, 0.2) is 54.7 Å². The Morgan fingerprint density at radius 3 is 2.67 bits per heavy atom. The van der Waals surface area contributed by atoms with Gasteiger partial charge in [-0.3, -0.25) is 4.79 Å². The van der Waals surface area contributed by atoms with Gasteiger partial charge < -0.3 is 14.8 Å². The highest BCUT2D eigenvalue weighted by Gasteiger charge is 2.17. The van der Waals surface area contributed by atoms with Crippen molar-refractivity contribution < 1.29 is 19.1 Å². The van der Waals surface area contributed by atoms with Crippen molar-refractivity contribution in [2.75, 3.05) is 19.0 Å². The molecule has 0 amide bonds. The van der Waals surface area contributed by atoms with Crippen molar-refractivity contribution >= 4 is 34.6 Å². The van der Waals surface area contributed by atoms with E-state index in [0.29, 0.717) is 22.1 Å². The van der Waals surface area contributed by atoms with Gasteiger partial charge in [0, 0.05) is 11.1 Å². The lowest BCUT2D eigenvalue weighted by molar-refractivity contribution is 0.0476. The maximum absolute atomic E-state index is 12.5. The Balaban J connectivity index is 1.73. The van der Waals surface area contributed by atoms with Gasteiger partial charge in [-0.05, 0) is 43.3 Å². The highest BCUT2D eigenvalue weighted by Crippen LogP contribution is 2.27. The monoisotopic (exact) mass is 382 g/mol. The second-order valence-electron chi connectivity index (χ2n) is 5.63. The minimum absolute atomic E-state index is 0.232. The first kappa shape index (κ1) is 18.6. The zero-order valence-electron chi connectivity index (χ0n) is 14.9. The van der Waals surface area contributed by atoms with Gasteiger partial charge in [-0.15, -0.1) is 11.3 Å². The van der Waals surface area contributed by atoms with Crippen molar-refractivity contribution in [3.8, 4) is 5.75 Å². The van der Waals surface area contributed by atoms with Crippen molar-refractivity contribution in [3.63, 3.8) is 0 Å². The number of nitrogens with zero attached hydrogens (tertiary/aromatic N) is 1. The van der Waals surface area contributed by atoms with Crippen molar-refractivity contribution in [1.29, 1.82) is 0 Å². The Hall–Kier alpha value is -3.19. The summed E-state index contributed by atoms with van der Waals surface area (Å²) in [6.45, 7) is 1.60. The zero-order chi connectivity index (χ0) is 19.2. The smallest absolute Gasteiger partial charge is 0.342 e. The highest BCUT2D eigenvalue weighted by atomic mass is 32.1. The van der Waals surface area contributed by atoms with E-state index in [2.05, 4.69) is 10.3 Å². The van der Waals surface area contributed by atoms with Gasteiger partial charge in [0.05, 0.1) is 17.7 Å². The summed E-state index contributed by atoms with van der Waals surface area (Å²) in [6, 6.07) is 14.1. The first-order valence-electron chi connectivity index (χ1n) is 8.20. The number of hydrogen-bond donors (Lipinski definition) is 1. The first-order chi connectivity index (χ1) is 13.1. The van der Waals surface area contributed by atoms with Gasteiger partial charge in [0.25, 0.3) is 0 Å². The molecule has 7 heteroatoms. The molecule has 138 valence electrons. The number of Topliss-reactive ketones (excluding diaryl/α,β-unsaturated/α-hetero) is 1. The number of esters is 1. The van der Waals surface area contributed by atoms with Crippen LogP contribution >= 0.6 is 11.3 Å². The van der Waals surface area contributed by atoms with Crippen LogP contribution in [-0.4, -0.2) is 30.5 Å². The number of carbonyl (C=O) groups excluding carboxylic acids is 2. The Labute approximate surface area is 160 Å². The van der Waals surface area contributed by atoms with Gasteiger partial charge >= 0.3 is 5.97 Å². The number of pyridine rings is 1. The molecule has 27 heavy (non-hydrogen) atoms. The number of thiophene rings is 1. The summed E-state index contributed by atoms with van der Waals surface area (Å²) in [5.74, 6) is 0.0869. The number of ketones is 1. The summed E-state index contributed by atoms with van der Waals surface area (Å²) in [5, 5.41) is 3.08. The van der Waals surface area contributed by atoms with E-state index in [-0.39, 0.29) is 18.0 Å². The molecule has 2 heterocycles. The molecular weight excluding hydrogens is 364 g/mol. The Kier molecular flexibility index (Phi) is 5.83. The number of rotatable bonds is 7. The van der Waals surface area contributed by atoms with Gasteiger partial charge in [0.2, 0.25) is 5.78 Å². The molecule has 0 saturated carbocycles. The van der Waals surface area contributed by atoms with E-state index in [9.17, 15) is 9.59 Å². The number of benzene rings is 1. The van der Waals surface area contributed by atoms with Crippen LogP contribution in [0, 0.1) is 6.92 Å². The summed E-state index contributed by atoms with van der Waals surface area (Å²) in [7, 11) is 1.56. The van der Waals surface area contributed by atoms with Gasteiger partial charge in [0.1, 0.15) is 17.1 Å². The molecule has 0 saturated heterocycles. The maximum atomic E-state index is 12.5. The second-order valence-corrected chi connectivity index (χ2v) is 6.92. The number of methoxy groups -OCH3 is 1. The van der Waals surface area contributed by atoms with Crippen LogP contribution in [0.25, 0.3) is 0 Å². The number of hydrogen-bond acceptors (Lipinski definition) is 7. The summed E-state index contributed by atoms with van der Waals surface area (Å²) < 4.78 is 10.5. The van der Waals surface area contributed by atoms with Crippen LogP contribution in [0.3, 0.4) is 0 Å². The Morgan fingerprint density at radius 1 is 1.11 bits per heavy atom. The molecular formula is C20H18N2O4S. The van der Waals surface area contributed by atoms with E-state index < -0.39 is 5.97 Å². The van der Waals surface area contributed by atoms with Crippen LogP contribution in [0.1, 0.15) is 24.9 Å². The number of aromatic nitrogens is 1. The third-order valence-corrected chi connectivity index (χ3v) is 4.78. The second kappa shape index (κ2) is 8.46. The molecule has 0 spiro atoms. The molecule has 0 aliphatic carbocycles. The van der Waals surface area contributed by atoms with E-state index in [1.807, 2.05) is 31.2 Å². The Bertz CT molecular complexity index is 968. The topological polar surface area (TPSA) is 77.5 Å². The standard InChI is InChI=1S/C20H18N2O4S/c1-13-9-10-18(27-13)16(23)12-26-20(24)14-6-5-11-21-19(14)22-15-7-3-4-8-17(15)25-2/h3-11H,12H2,1-2H3,(H,21,22). The lowest BCUT2D eigenvalue weighted by Gasteiger charge is -2.13. The molecule has 0 fully saturated rings. The number of carbonyl (C=O) groups is 2. The predicted octanol–water partition coefficient (Wildman–Crippen LogP) is 4.24. The lowest BCUT2D eigenvalue weighted by atomic mass is 10.2. The first-order valence-corrected chi connectivity index (χ1v) is 9.02. The van der Waals surface area contributed by atoms with Gasteiger partial charge in [-0.1, -0.05) is 12.1 Å². The molecule has 0 atom stereocenters. The third-order valence-electron chi connectivity index (χ3n) is 3.74. The van der Waals surface area contributed by atoms with Crippen molar-refractivity contribution in [1.82, 2.24) is 4.98 Å². The van der Waals surface area contributed by atoms with Crippen LogP contribution in [0.5, 0.6) is 5.75 Å². The highest BCUT2D eigenvalue weighted by molar-refractivity contribution is 7.14. The van der Waals surface area contributed by atoms with E-state index in [0.717, 1.165) is 4.88 Å². The van der Waals surface area contributed by atoms with Crippen LogP contribution < -0.4 is 10.1 Å². The van der Waals surface area contributed by atoms with Crippen molar-refractivity contribution in [2.45, 2.75) is 6.92 Å². The molecule has 3 rings (SSSR count). The molecule has 6 nitrogen and oxygen atoms in total. The van der Waals surface area contributed by atoms with Crippen molar-refractivity contribution in [3.05, 3.63) is 70.0 Å². The quantitative estimate of drug-likeness (QED) is 0.486. The average Bonchev–Trinajstić information content (AvgIpc) is 3.13. The number of aryl methyl sites for hydroxylation is 1. The largest absolute Gasteiger partial charge is 0.495 e. The fourth-order valence-corrected chi connectivity index (χ4v) is 3.20. The molecule has 1 aromatic carbocycles. The summed E-state index contributed by atoms with van der Waals surface area (Å²) in [6.07, 6.45) is 1.56. The fraction of sp³-hybridized carbons (Fsp3) is 0.150. The fourth-order valence-electron chi connectivity index (χ4n) is 2.41. The lowest BCUT2D eigenvalue weighted by Crippen LogP contribution is -2.15. The van der Waals surface area contributed by atoms with Crippen LogP contribution in [0.2, 0.25) is 0 Å². The van der Waals surface area contributed by atoms with Gasteiger partial charge in [-0.25, -0.2) is 9.78 Å². The summed E-state index contributed by atoms with van der Waals surface area (Å²) in [5.41, 5.74) is 0.899.